The van der Waals surface area contributed by atoms with E-state index in [0.717, 1.165) is 13.4 Å². The second-order valence-corrected chi connectivity index (χ2v) is 1.34. The van der Waals surface area contributed by atoms with Crippen molar-refractivity contribution in [1.29, 1.82) is 0 Å². The first-order valence-electron chi connectivity index (χ1n) is 2.37. The van der Waals surface area contributed by atoms with Crippen LogP contribution in [-0.2, 0) is 23.9 Å². The molecule has 0 atom stereocenters. The summed E-state index contributed by atoms with van der Waals surface area (Å²) >= 11 is 0. The van der Waals surface area contributed by atoms with Gasteiger partial charge in [-0.05, 0) is 0 Å². The van der Waals surface area contributed by atoms with E-state index in [9.17, 15) is 14.4 Å². The van der Waals surface area contributed by atoms with Crippen LogP contribution in [0.3, 0.4) is 0 Å². The van der Waals surface area contributed by atoms with Gasteiger partial charge in [0.2, 0.25) is 0 Å². The molecule has 0 spiro atoms. The Morgan fingerprint density at radius 2 is 2.10 bits per heavy atom. The molecule has 0 N–H and O–H groups in total. The zero-order valence-corrected chi connectivity index (χ0v) is 5.25. The summed E-state index contributed by atoms with van der Waals surface area (Å²) in [4.78, 5) is 29.6. The lowest BCUT2D eigenvalue weighted by atomic mass is 10.7. The van der Waals surface area contributed by atoms with Gasteiger partial charge in [0.25, 0.3) is 0 Å². The Morgan fingerprint density at radius 1 is 1.50 bits per heavy atom. The van der Waals surface area contributed by atoms with Crippen molar-refractivity contribution in [3.05, 3.63) is 0 Å². The molecule has 10 heavy (non-hydrogen) atoms. The van der Waals surface area contributed by atoms with E-state index in [1.807, 2.05) is 0 Å². The molecular formula is C5H5O5. The number of carbonyl (C=O) groups is 2. The predicted octanol–water partition coefficient (Wildman–Crippen LogP) is -0.840. The van der Waals surface area contributed by atoms with E-state index in [2.05, 4.69) is 9.47 Å². The van der Waals surface area contributed by atoms with E-state index in [-0.39, 0.29) is 0 Å². The largest absolute Gasteiger partial charge is 0.445 e. The number of ether oxygens (including phenoxy) is 2. The number of hydrogen-bond donors (Lipinski definition) is 0. The third kappa shape index (κ3) is 4.76. The minimum Gasteiger partial charge on any atom is -0.445 e. The fraction of sp³-hybridized carbons (Fsp3) is 0.400. The molecule has 0 rings (SSSR count). The van der Waals surface area contributed by atoms with E-state index >= 15 is 0 Å². The number of rotatable bonds is 3. The van der Waals surface area contributed by atoms with Crippen LogP contribution in [0.25, 0.3) is 0 Å². The molecule has 55 valence electrons. The van der Waals surface area contributed by atoms with Gasteiger partial charge in [0, 0.05) is 6.92 Å². The van der Waals surface area contributed by atoms with Gasteiger partial charge in [-0.3, -0.25) is 4.79 Å². The van der Waals surface area contributed by atoms with Crippen LogP contribution in [0.2, 0.25) is 0 Å². The lowest BCUT2D eigenvalue weighted by molar-refractivity contribution is -0.159. The van der Waals surface area contributed by atoms with Crippen LogP contribution in [0.1, 0.15) is 6.92 Å². The topological polar surface area (TPSA) is 69.7 Å². The van der Waals surface area contributed by atoms with Gasteiger partial charge in [-0.15, -0.1) is 0 Å². The Bertz CT molecular complexity index is 150. The summed E-state index contributed by atoms with van der Waals surface area (Å²) in [5.41, 5.74) is 0. The maximum atomic E-state index is 10.3. The SMILES string of the molecule is CC(=O)OC(=O)CO[C]=O. The van der Waals surface area contributed by atoms with E-state index in [1.165, 1.54) is 0 Å². The highest BCUT2D eigenvalue weighted by molar-refractivity contribution is 5.85. The van der Waals surface area contributed by atoms with Gasteiger partial charge in [-0.25, -0.2) is 9.59 Å². The Labute approximate surface area is 56.9 Å². The highest BCUT2D eigenvalue weighted by Gasteiger charge is 2.04. The van der Waals surface area contributed by atoms with Gasteiger partial charge < -0.3 is 9.47 Å². The summed E-state index contributed by atoms with van der Waals surface area (Å²) in [5, 5.41) is 0. The predicted molar refractivity (Wildman–Crippen MR) is 28.4 cm³/mol. The summed E-state index contributed by atoms with van der Waals surface area (Å²) < 4.78 is 7.83. The third-order valence-electron chi connectivity index (χ3n) is 0.507. The van der Waals surface area contributed by atoms with Crippen LogP contribution in [0.5, 0.6) is 0 Å². The van der Waals surface area contributed by atoms with Crippen LogP contribution in [0.15, 0.2) is 0 Å². The Hall–Kier alpha value is -1.39. The molecule has 0 aromatic heterocycles. The average molecular weight is 145 g/mol. The second kappa shape index (κ2) is 4.49. The monoisotopic (exact) mass is 145 g/mol. The minimum absolute atomic E-state index is 0.580. The second-order valence-electron chi connectivity index (χ2n) is 1.34. The molecule has 0 aliphatic rings. The van der Waals surface area contributed by atoms with Crippen LogP contribution in [-0.4, -0.2) is 25.0 Å². The van der Waals surface area contributed by atoms with Gasteiger partial charge in [-0.1, -0.05) is 0 Å². The molecule has 0 unspecified atom stereocenters. The molecule has 0 saturated heterocycles. The van der Waals surface area contributed by atoms with Crippen molar-refractivity contribution in [3.8, 4) is 0 Å². The Balaban J connectivity index is 3.43. The molecule has 0 aromatic carbocycles. The summed E-state index contributed by atoms with van der Waals surface area (Å²) in [5.74, 6) is -1.64. The van der Waals surface area contributed by atoms with Crippen molar-refractivity contribution < 1.29 is 23.9 Å². The van der Waals surface area contributed by atoms with Crippen molar-refractivity contribution in [1.82, 2.24) is 0 Å². The van der Waals surface area contributed by atoms with Crippen LogP contribution in [0.4, 0.5) is 0 Å². The molecule has 0 aromatic rings. The van der Waals surface area contributed by atoms with Gasteiger partial charge in [0.1, 0.15) is 0 Å². The molecule has 0 amide bonds. The van der Waals surface area contributed by atoms with E-state index in [0.29, 0.717) is 0 Å². The quantitative estimate of drug-likeness (QED) is 0.382. The molecule has 0 bridgehead atoms. The summed E-state index contributed by atoms with van der Waals surface area (Å²) in [7, 11) is 0. The lowest BCUT2D eigenvalue weighted by Gasteiger charge is -1.95. The number of carbonyl (C=O) groups excluding carboxylic acids is 3. The van der Waals surface area contributed by atoms with Crippen LogP contribution < -0.4 is 0 Å². The van der Waals surface area contributed by atoms with Crippen molar-refractivity contribution in [2.75, 3.05) is 6.61 Å². The van der Waals surface area contributed by atoms with Crippen molar-refractivity contribution in [2.45, 2.75) is 6.92 Å². The van der Waals surface area contributed by atoms with Gasteiger partial charge in [0.15, 0.2) is 6.61 Å². The summed E-state index contributed by atoms with van der Waals surface area (Å²) in [6.07, 6.45) is 0. The van der Waals surface area contributed by atoms with E-state index in [4.69, 9.17) is 0 Å². The highest BCUT2D eigenvalue weighted by atomic mass is 16.6. The van der Waals surface area contributed by atoms with Crippen molar-refractivity contribution in [3.63, 3.8) is 0 Å². The lowest BCUT2D eigenvalue weighted by Crippen LogP contribution is -2.14. The number of esters is 2. The minimum atomic E-state index is -0.907. The highest BCUT2D eigenvalue weighted by Crippen LogP contribution is 1.79. The first kappa shape index (κ1) is 8.61. The maximum absolute atomic E-state index is 10.3. The Kier molecular flexibility index (Phi) is 3.86. The van der Waals surface area contributed by atoms with Crippen molar-refractivity contribution >= 4 is 18.4 Å². The van der Waals surface area contributed by atoms with E-state index in [1.54, 1.807) is 0 Å². The number of hydrogen-bond acceptors (Lipinski definition) is 5. The van der Waals surface area contributed by atoms with Gasteiger partial charge in [0.05, 0.1) is 0 Å². The normalized spacial score (nSPS) is 8.10. The molecule has 1 radical (unpaired) electrons. The fourth-order valence-electron chi connectivity index (χ4n) is 0.278. The molecule has 0 saturated carbocycles. The Morgan fingerprint density at radius 3 is 2.50 bits per heavy atom. The summed E-state index contributed by atoms with van der Waals surface area (Å²) in [6, 6.07) is 0. The fourth-order valence-corrected chi connectivity index (χ4v) is 0.278. The molecule has 0 fully saturated rings. The molecule has 0 heterocycles. The van der Waals surface area contributed by atoms with Crippen molar-refractivity contribution in [2.24, 2.45) is 0 Å². The van der Waals surface area contributed by atoms with Crippen LogP contribution >= 0.6 is 0 Å². The molecule has 5 heteroatoms. The average Bonchev–Trinajstić information content (AvgIpc) is 1.82. The third-order valence-corrected chi connectivity index (χ3v) is 0.507. The smallest absolute Gasteiger partial charge is 0.418 e. The van der Waals surface area contributed by atoms with Gasteiger partial charge in [-0.2, -0.15) is 0 Å². The molecule has 0 aliphatic carbocycles. The zero-order chi connectivity index (χ0) is 7.98. The zero-order valence-electron chi connectivity index (χ0n) is 5.25. The molecule has 0 aliphatic heterocycles. The summed E-state index contributed by atoms with van der Waals surface area (Å²) in [6.45, 7) is 1.50. The first-order valence-corrected chi connectivity index (χ1v) is 2.37. The van der Waals surface area contributed by atoms with Gasteiger partial charge >= 0.3 is 18.4 Å². The molecular weight excluding hydrogens is 140 g/mol. The standard InChI is InChI=1S/C5H5O5/c1-4(7)10-5(8)2-9-3-6/h2H2,1H3. The maximum Gasteiger partial charge on any atom is 0.418 e. The van der Waals surface area contributed by atoms with E-state index < -0.39 is 18.5 Å². The molecule has 5 nitrogen and oxygen atoms in total. The first-order chi connectivity index (χ1) is 4.66. The van der Waals surface area contributed by atoms with Crippen LogP contribution in [0, 0.1) is 0 Å².